The van der Waals surface area contributed by atoms with Crippen molar-refractivity contribution in [3.63, 3.8) is 0 Å². The molecule has 8 nitrogen and oxygen atoms in total. The number of allylic oxidation sites excluding steroid dienone is 1. The summed E-state index contributed by atoms with van der Waals surface area (Å²) in [4.78, 5) is 26.9. The van der Waals surface area contributed by atoms with Gasteiger partial charge in [0.1, 0.15) is 11.5 Å². The van der Waals surface area contributed by atoms with E-state index in [2.05, 4.69) is 41.5 Å². The number of alkyl halides is 3. The number of piperidine rings is 1. The number of nitrogens with zero attached hydrogens (tertiary/aromatic N) is 7. The molecule has 1 N–H and O–H groups in total. The minimum absolute atomic E-state index is 0.139. The van der Waals surface area contributed by atoms with Crippen molar-refractivity contribution in [2.24, 2.45) is 9.98 Å². The highest BCUT2D eigenvalue weighted by atomic mass is 19.4. The molecule has 1 atom stereocenters. The van der Waals surface area contributed by atoms with Crippen LogP contribution < -0.4 is 4.90 Å². The Morgan fingerprint density at radius 3 is 2.97 bits per heavy atom. The van der Waals surface area contributed by atoms with Gasteiger partial charge in [0.05, 0.1) is 19.1 Å². The quantitative estimate of drug-likeness (QED) is 0.735. The smallest absolute Gasteiger partial charge is 0.356 e. The average molecular weight is 430 g/mol. The molecule has 2 aliphatic heterocycles. The van der Waals surface area contributed by atoms with Gasteiger partial charge in [-0.15, -0.1) is 0 Å². The fraction of sp³-hybridized carbons (Fsp3) is 0.350. The van der Waals surface area contributed by atoms with Crippen LogP contribution in [0.1, 0.15) is 30.3 Å². The lowest BCUT2D eigenvalue weighted by molar-refractivity contribution is -0.0934. The first-order valence-corrected chi connectivity index (χ1v) is 9.76. The molecule has 0 radical (unpaired) electrons. The van der Waals surface area contributed by atoms with Crippen LogP contribution in [0.4, 0.5) is 19.0 Å². The molecule has 2 aromatic rings. The first-order chi connectivity index (χ1) is 15.0. The van der Waals surface area contributed by atoms with E-state index in [4.69, 9.17) is 0 Å². The maximum Gasteiger partial charge on any atom is 0.434 e. The Morgan fingerprint density at radius 2 is 2.23 bits per heavy atom. The predicted molar refractivity (Wildman–Crippen MR) is 112 cm³/mol. The number of anilines is 1. The summed E-state index contributed by atoms with van der Waals surface area (Å²) in [5, 5.41) is 0. The van der Waals surface area contributed by atoms with Gasteiger partial charge < -0.3 is 14.8 Å². The van der Waals surface area contributed by atoms with Gasteiger partial charge in [0.15, 0.2) is 11.5 Å². The van der Waals surface area contributed by atoms with Gasteiger partial charge in [0.25, 0.3) is 0 Å². The van der Waals surface area contributed by atoms with Gasteiger partial charge in [-0.2, -0.15) is 13.2 Å². The third kappa shape index (κ3) is 4.65. The second-order valence-corrected chi connectivity index (χ2v) is 7.20. The first kappa shape index (κ1) is 20.8. The largest absolute Gasteiger partial charge is 0.434 e. The monoisotopic (exact) mass is 430 g/mol. The van der Waals surface area contributed by atoms with E-state index in [1.54, 1.807) is 18.6 Å². The minimum Gasteiger partial charge on any atom is -0.356 e. The van der Waals surface area contributed by atoms with E-state index in [0.29, 0.717) is 17.4 Å². The molecule has 4 rings (SSSR count). The molecule has 0 saturated carbocycles. The lowest BCUT2D eigenvalue weighted by Crippen LogP contribution is -2.35. The number of imidazole rings is 1. The summed E-state index contributed by atoms with van der Waals surface area (Å²) < 4.78 is 39.4. The van der Waals surface area contributed by atoms with Crippen LogP contribution in [0.3, 0.4) is 0 Å². The molecule has 1 fully saturated rings. The topological polar surface area (TPSA) is 85.7 Å². The van der Waals surface area contributed by atoms with Crippen molar-refractivity contribution < 1.29 is 13.2 Å². The maximum absolute atomic E-state index is 13.1. The summed E-state index contributed by atoms with van der Waals surface area (Å²) in [6, 6.07) is 1.80. The van der Waals surface area contributed by atoms with Crippen LogP contribution in [-0.2, 0) is 0 Å². The number of rotatable bonds is 5. The van der Waals surface area contributed by atoms with Crippen molar-refractivity contribution in [2.45, 2.75) is 24.9 Å². The lowest BCUT2D eigenvalue weighted by Gasteiger charge is -2.33. The van der Waals surface area contributed by atoms with Crippen molar-refractivity contribution >= 4 is 24.4 Å². The third-order valence-corrected chi connectivity index (χ3v) is 5.17. The molecular weight excluding hydrogens is 409 g/mol. The Morgan fingerprint density at radius 1 is 1.35 bits per heavy atom. The van der Waals surface area contributed by atoms with Crippen molar-refractivity contribution in [3.05, 3.63) is 54.4 Å². The Balaban J connectivity index is 1.60. The van der Waals surface area contributed by atoms with Crippen LogP contribution in [0, 0.1) is 0 Å². The van der Waals surface area contributed by atoms with Crippen LogP contribution in [0.25, 0.3) is 5.70 Å². The fourth-order valence-electron chi connectivity index (χ4n) is 3.70. The van der Waals surface area contributed by atoms with Crippen molar-refractivity contribution in [1.82, 2.24) is 24.8 Å². The Kier molecular flexibility index (Phi) is 5.83. The number of aromatic nitrogens is 4. The van der Waals surface area contributed by atoms with Gasteiger partial charge in [-0.25, -0.2) is 15.0 Å². The molecule has 1 saturated heterocycles. The van der Waals surface area contributed by atoms with Gasteiger partial charge in [0.2, 0.25) is 0 Å². The average Bonchev–Trinajstić information content (AvgIpc) is 3.32. The molecule has 0 spiro atoms. The molecule has 0 bridgehead atoms. The summed E-state index contributed by atoms with van der Waals surface area (Å²) in [5.74, 6) is 1.27. The van der Waals surface area contributed by atoms with Crippen LogP contribution >= 0.6 is 0 Å². The number of aromatic amines is 1. The Bertz CT molecular complexity index is 1010. The van der Waals surface area contributed by atoms with E-state index in [1.165, 1.54) is 17.3 Å². The molecule has 0 aliphatic carbocycles. The predicted octanol–water partition coefficient (Wildman–Crippen LogP) is 3.37. The zero-order chi connectivity index (χ0) is 21.8. The molecule has 11 heteroatoms. The van der Waals surface area contributed by atoms with Gasteiger partial charge in [-0.1, -0.05) is 0 Å². The lowest BCUT2D eigenvalue weighted by atomic mass is 9.95. The number of aliphatic imine (C=N–C) groups is 2. The number of hydrogen-bond donors (Lipinski definition) is 1. The molecule has 4 heterocycles. The third-order valence-electron chi connectivity index (χ3n) is 5.17. The Hall–Kier alpha value is -3.50. The Labute approximate surface area is 177 Å². The van der Waals surface area contributed by atoms with Gasteiger partial charge in [-0.05, 0) is 25.6 Å². The van der Waals surface area contributed by atoms with Crippen LogP contribution in [0.15, 0.2) is 52.9 Å². The zero-order valence-electron chi connectivity index (χ0n) is 16.6. The second-order valence-electron chi connectivity index (χ2n) is 7.20. The van der Waals surface area contributed by atoms with E-state index in [1.807, 2.05) is 6.20 Å². The summed E-state index contributed by atoms with van der Waals surface area (Å²) in [5.41, 5.74) is 0.392. The highest BCUT2D eigenvalue weighted by Gasteiger charge is 2.36. The first-order valence-electron chi connectivity index (χ1n) is 9.76. The summed E-state index contributed by atoms with van der Waals surface area (Å²) in [7, 11) is 0. The van der Waals surface area contributed by atoms with Gasteiger partial charge in [0, 0.05) is 49.5 Å². The highest BCUT2D eigenvalue weighted by Crippen LogP contribution is 2.31. The van der Waals surface area contributed by atoms with E-state index in [-0.39, 0.29) is 12.4 Å². The molecule has 0 aromatic carbocycles. The van der Waals surface area contributed by atoms with Crippen LogP contribution in [0.5, 0.6) is 0 Å². The minimum atomic E-state index is -4.56. The van der Waals surface area contributed by atoms with E-state index in [9.17, 15) is 13.2 Å². The fourth-order valence-corrected chi connectivity index (χ4v) is 3.70. The standard InChI is InChI=1S/C20H21F3N8/c1-24-10-16(30-8-6-26-17(12-30)20(21,22)23)19-27-5-4-18(29-19)31-7-2-3-14(11-31)15-9-25-13-28-15/h4-6,9-10,12-14H,1-3,7-8,11H2,(H,25,28)/b16-10-. The molecule has 31 heavy (non-hydrogen) atoms. The van der Waals surface area contributed by atoms with Crippen LogP contribution in [-0.4, -0.2) is 63.6 Å². The van der Waals surface area contributed by atoms with E-state index >= 15 is 0 Å². The summed E-state index contributed by atoms with van der Waals surface area (Å²) in [6.45, 7) is 5.16. The number of halogens is 3. The summed E-state index contributed by atoms with van der Waals surface area (Å²) in [6.07, 6.45) is 6.05. The maximum atomic E-state index is 13.1. The van der Waals surface area contributed by atoms with E-state index < -0.39 is 11.9 Å². The molecule has 1 unspecified atom stereocenters. The van der Waals surface area contributed by atoms with Crippen molar-refractivity contribution in [3.8, 4) is 0 Å². The second kappa shape index (κ2) is 8.70. The normalized spacial score (nSPS) is 20.0. The number of H-pyrrole nitrogens is 1. The molecular formula is C20H21F3N8. The number of nitrogens with one attached hydrogen (secondary N) is 1. The van der Waals surface area contributed by atoms with Crippen molar-refractivity contribution in [1.29, 1.82) is 0 Å². The molecule has 2 aliphatic rings. The molecule has 2 aromatic heterocycles. The van der Waals surface area contributed by atoms with Gasteiger partial charge in [-0.3, -0.25) is 9.98 Å². The van der Waals surface area contributed by atoms with Gasteiger partial charge >= 0.3 is 6.18 Å². The zero-order valence-corrected chi connectivity index (χ0v) is 16.6. The molecule has 162 valence electrons. The highest BCUT2D eigenvalue weighted by molar-refractivity contribution is 5.70. The number of hydrogen-bond acceptors (Lipinski definition) is 7. The summed E-state index contributed by atoms with van der Waals surface area (Å²) >= 11 is 0. The van der Waals surface area contributed by atoms with E-state index in [0.717, 1.165) is 37.8 Å². The molecule has 0 amide bonds. The van der Waals surface area contributed by atoms with Crippen molar-refractivity contribution in [2.75, 3.05) is 24.5 Å². The van der Waals surface area contributed by atoms with Crippen LogP contribution in [0.2, 0.25) is 0 Å². The SMILES string of the molecule is C=N/C=C(/c1nccc(N2CCCC(c3cnc[nH]3)C2)n1)N1C=C(C(F)(F)F)N=CC1.